The predicted octanol–water partition coefficient (Wildman–Crippen LogP) is 3.92. The first-order valence-electron chi connectivity index (χ1n) is 13.7. The highest BCUT2D eigenvalue weighted by atomic mass is 19.3. The monoisotopic (exact) mass is 554 g/mol. The van der Waals surface area contributed by atoms with Gasteiger partial charge in [0.25, 0.3) is 5.92 Å². The minimum absolute atomic E-state index is 0.0282. The van der Waals surface area contributed by atoms with Crippen LogP contribution in [0.25, 0.3) is 0 Å². The fourth-order valence-electron chi connectivity index (χ4n) is 7.07. The first kappa shape index (κ1) is 27.8. The molecule has 2 N–H and O–H groups in total. The second kappa shape index (κ2) is 9.69. The average Bonchev–Trinajstić information content (AvgIpc) is 3.22. The molecule has 5 rings (SSSR count). The molecule has 1 saturated heterocycles. The number of hydrogen-bond acceptors (Lipinski definition) is 6. The lowest BCUT2D eigenvalue weighted by molar-refractivity contribution is -0.138. The number of carbonyl (C=O) groups excluding carboxylic acids is 3. The summed E-state index contributed by atoms with van der Waals surface area (Å²) in [6.07, 6.45) is 2.67. The van der Waals surface area contributed by atoms with Crippen LogP contribution in [0.2, 0.25) is 0 Å². The van der Waals surface area contributed by atoms with Crippen molar-refractivity contribution in [1.29, 1.82) is 0 Å². The van der Waals surface area contributed by atoms with Gasteiger partial charge in [-0.25, -0.2) is 14.2 Å². The normalized spacial score (nSPS) is 31.3. The molecule has 6 atom stereocenters. The van der Waals surface area contributed by atoms with Crippen molar-refractivity contribution in [2.24, 2.45) is 29.1 Å². The highest BCUT2D eigenvalue weighted by molar-refractivity contribution is 5.90. The topological polar surface area (TPSA) is 114 Å². The first-order chi connectivity index (χ1) is 18.2. The number of hydrogen-bond donors (Lipinski definition) is 2. The van der Waals surface area contributed by atoms with Gasteiger partial charge in [-0.2, -0.15) is 8.78 Å². The largest absolute Gasteiger partial charge is 0.447 e. The van der Waals surface area contributed by atoms with Crippen molar-refractivity contribution >= 4 is 17.9 Å². The van der Waals surface area contributed by atoms with Gasteiger partial charge in [0.1, 0.15) is 23.7 Å². The fourth-order valence-corrected chi connectivity index (χ4v) is 7.07. The van der Waals surface area contributed by atoms with Gasteiger partial charge in [0.2, 0.25) is 17.7 Å². The van der Waals surface area contributed by atoms with E-state index >= 15 is 4.39 Å². The molecule has 9 nitrogen and oxygen atoms in total. The van der Waals surface area contributed by atoms with Crippen molar-refractivity contribution in [3.05, 3.63) is 17.8 Å². The first-order valence-corrected chi connectivity index (χ1v) is 13.7. The third-order valence-corrected chi connectivity index (χ3v) is 8.89. The SMILES string of the molecule is CC(C)(C)OC(=O)N1CC[C@H](NC(=O)C2C(C(=O)NCc3nc(C(C)(F)F)co3)C3CCC2C32CC2)[C@@H](F)C1. The van der Waals surface area contributed by atoms with E-state index in [4.69, 9.17) is 9.15 Å². The van der Waals surface area contributed by atoms with Crippen LogP contribution in [0.1, 0.15) is 71.4 Å². The lowest BCUT2D eigenvalue weighted by Gasteiger charge is -2.37. The van der Waals surface area contributed by atoms with Crippen LogP contribution in [0.5, 0.6) is 0 Å². The summed E-state index contributed by atoms with van der Waals surface area (Å²) in [6.45, 7) is 5.84. The number of alkyl halides is 3. The molecule has 2 bridgehead atoms. The van der Waals surface area contributed by atoms with E-state index in [2.05, 4.69) is 15.6 Å². The summed E-state index contributed by atoms with van der Waals surface area (Å²) >= 11 is 0. The number of piperidine rings is 1. The highest BCUT2D eigenvalue weighted by Gasteiger charge is 2.71. The lowest BCUT2D eigenvalue weighted by atomic mass is 9.78. The van der Waals surface area contributed by atoms with Gasteiger partial charge in [0, 0.05) is 13.5 Å². The molecule has 216 valence electrons. The molecule has 3 aliphatic carbocycles. The molecule has 4 fully saturated rings. The Labute approximate surface area is 225 Å². The zero-order valence-electron chi connectivity index (χ0n) is 22.8. The van der Waals surface area contributed by atoms with Gasteiger partial charge < -0.3 is 24.7 Å². The van der Waals surface area contributed by atoms with Crippen molar-refractivity contribution in [3.8, 4) is 0 Å². The highest BCUT2D eigenvalue weighted by Crippen LogP contribution is 2.74. The maximum absolute atomic E-state index is 15.1. The van der Waals surface area contributed by atoms with Crippen LogP contribution in [-0.2, 0) is 26.8 Å². The van der Waals surface area contributed by atoms with Crippen molar-refractivity contribution in [2.75, 3.05) is 13.1 Å². The zero-order chi connectivity index (χ0) is 28.3. The second-order valence-electron chi connectivity index (χ2n) is 12.7. The van der Waals surface area contributed by atoms with Crippen LogP contribution in [0.4, 0.5) is 18.0 Å². The molecule has 1 spiro atoms. The maximum atomic E-state index is 15.1. The molecule has 2 heterocycles. The molecular weight excluding hydrogens is 517 g/mol. The van der Waals surface area contributed by atoms with Gasteiger partial charge in [-0.05, 0) is 70.1 Å². The molecule has 0 radical (unpaired) electrons. The van der Waals surface area contributed by atoms with Gasteiger partial charge in [-0.1, -0.05) is 0 Å². The van der Waals surface area contributed by atoms with Crippen LogP contribution >= 0.6 is 0 Å². The molecule has 39 heavy (non-hydrogen) atoms. The molecule has 12 heteroatoms. The number of nitrogens with one attached hydrogen (secondary N) is 2. The number of halogens is 3. The zero-order valence-corrected chi connectivity index (χ0v) is 22.8. The molecule has 3 amide bonds. The van der Waals surface area contributed by atoms with Crippen molar-refractivity contribution in [3.63, 3.8) is 0 Å². The molecule has 3 saturated carbocycles. The fraction of sp³-hybridized carbons (Fsp3) is 0.778. The predicted molar refractivity (Wildman–Crippen MR) is 132 cm³/mol. The lowest BCUT2D eigenvalue weighted by Crippen LogP contribution is -2.56. The van der Waals surface area contributed by atoms with Crippen LogP contribution in [0, 0.1) is 29.1 Å². The number of amides is 3. The smallest absolute Gasteiger partial charge is 0.410 e. The average molecular weight is 555 g/mol. The molecular formula is C27H37F3N4O5. The summed E-state index contributed by atoms with van der Waals surface area (Å²) in [5.41, 5.74) is -1.24. The number of oxazole rings is 1. The number of likely N-dealkylation sites (tertiary alicyclic amines) is 1. The number of nitrogens with zero attached hydrogens (tertiary/aromatic N) is 2. The van der Waals surface area contributed by atoms with E-state index in [9.17, 15) is 23.2 Å². The standard InChI is InChI=1S/C27H37F3N4O5/c1-25(2,3)39-24(37)34-10-7-17(16(28)12-34)32-23(36)21-15-6-5-14(27(15)8-9-27)20(21)22(35)31-11-19-33-18(13-38-19)26(4,29)30/h13-17,20-21H,5-12H2,1-4H3,(H,31,35)(H,32,36)/t14?,15?,16-,17-,20?,21?/m0/s1. The molecule has 4 aliphatic rings. The van der Waals surface area contributed by atoms with Crippen molar-refractivity contribution < 1.29 is 36.7 Å². The van der Waals surface area contributed by atoms with Crippen LogP contribution < -0.4 is 10.6 Å². The van der Waals surface area contributed by atoms with Gasteiger partial charge >= 0.3 is 6.09 Å². The number of rotatable bonds is 6. The number of ether oxygens (including phenoxy) is 1. The third kappa shape index (κ3) is 5.35. The Kier molecular flexibility index (Phi) is 6.90. The van der Waals surface area contributed by atoms with Gasteiger partial charge in [0.15, 0.2) is 0 Å². The van der Waals surface area contributed by atoms with Crippen LogP contribution in [-0.4, -0.2) is 58.7 Å². The van der Waals surface area contributed by atoms with E-state index in [1.165, 1.54) is 4.90 Å². The van der Waals surface area contributed by atoms with E-state index in [0.717, 1.165) is 31.9 Å². The Balaban J connectivity index is 1.23. The van der Waals surface area contributed by atoms with E-state index in [1.54, 1.807) is 20.8 Å². The molecule has 1 aromatic heterocycles. The number of aromatic nitrogens is 1. The van der Waals surface area contributed by atoms with Gasteiger partial charge in [-0.3, -0.25) is 9.59 Å². The van der Waals surface area contributed by atoms with Crippen molar-refractivity contribution in [1.82, 2.24) is 20.5 Å². The Morgan fingerprint density at radius 1 is 1.10 bits per heavy atom. The van der Waals surface area contributed by atoms with E-state index < -0.39 is 47.4 Å². The Morgan fingerprint density at radius 3 is 2.28 bits per heavy atom. The summed E-state index contributed by atoms with van der Waals surface area (Å²) in [5, 5.41) is 5.60. The number of carbonyl (C=O) groups is 3. The maximum Gasteiger partial charge on any atom is 0.410 e. The van der Waals surface area contributed by atoms with Gasteiger partial charge in [0.05, 0.1) is 31.0 Å². The third-order valence-electron chi connectivity index (χ3n) is 8.89. The van der Waals surface area contributed by atoms with Crippen LogP contribution in [0.3, 0.4) is 0 Å². The summed E-state index contributed by atoms with van der Waals surface area (Å²) in [5.74, 6) is -4.96. The summed E-state index contributed by atoms with van der Waals surface area (Å²) in [7, 11) is 0. The summed E-state index contributed by atoms with van der Waals surface area (Å²) in [4.78, 5) is 44.4. The molecule has 4 unspecified atom stereocenters. The minimum Gasteiger partial charge on any atom is -0.447 e. The Morgan fingerprint density at radius 2 is 1.74 bits per heavy atom. The second-order valence-corrected chi connectivity index (χ2v) is 12.7. The summed E-state index contributed by atoms with van der Waals surface area (Å²) < 4.78 is 52.5. The molecule has 1 aromatic rings. The quantitative estimate of drug-likeness (QED) is 0.551. The van der Waals surface area contributed by atoms with E-state index in [1.807, 2.05) is 0 Å². The minimum atomic E-state index is -3.16. The molecule has 1 aliphatic heterocycles. The van der Waals surface area contributed by atoms with E-state index in [-0.39, 0.29) is 61.0 Å². The van der Waals surface area contributed by atoms with Gasteiger partial charge in [-0.15, -0.1) is 0 Å². The summed E-state index contributed by atoms with van der Waals surface area (Å²) in [6, 6.07) is -0.768. The van der Waals surface area contributed by atoms with Crippen molar-refractivity contribution in [2.45, 2.75) is 90.1 Å². The van der Waals surface area contributed by atoms with E-state index in [0.29, 0.717) is 6.92 Å². The van der Waals surface area contributed by atoms with Crippen LogP contribution in [0.15, 0.2) is 10.7 Å². The Hall–Kier alpha value is -2.79. The molecule has 0 aromatic carbocycles. The Bertz CT molecular complexity index is 1130.